The Hall–Kier alpha value is -3.13. The molecule has 138 valence electrons. The van der Waals surface area contributed by atoms with E-state index in [0.29, 0.717) is 22.0 Å². The SMILES string of the molecule is CC(=O)Nc1ccc(NC(=O)CSc2nc3ccccc3n2C(C)=O)cc1. The van der Waals surface area contributed by atoms with Gasteiger partial charge in [0.05, 0.1) is 16.8 Å². The maximum Gasteiger partial charge on any atom is 0.234 e. The number of aromatic nitrogens is 2. The number of nitrogens with zero attached hydrogens (tertiary/aromatic N) is 2. The number of hydrogen-bond donors (Lipinski definition) is 2. The van der Waals surface area contributed by atoms with Crippen LogP contribution in [0.2, 0.25) is 0 Å². The number of hydrogen-bond acceptors (Lipinski definition) is 5. The minimum atomic E-state index is -0.213. The Morgan fingerprint density at radius 2 is 1.59 bits per heavy atom. The molecule has 1 heterocycles. The third-order valence-corrected chi connectivity index (χ3v) is 4.60. The summed E-state index contributed by atoms with van der Waals surface area (Å²) in [4.78, 5) is 39.6. The molecule has 0 bridgehead atoms. The number of carbonyl (C=O) groups is 3. The van der Waals surface area contributed by atoms with Gasteiger partial charge >= 0.3 is 0 Å². The number of anilines is 2. The number of carbonyl (C=O) groups excluding carboxylic acids is 3. The van der Waals surface area contributed by atoms with Crippen LogP contribution >= 0.6 is 11.8 Å². The van der Waals surface area contributed by atoms with Crippen LogP contribution in [0, 0.1) is 0 Å². The molecule has 27 heavy (non-hydrogen) atoms. The molecule has 0 radical (unpaired) electrons. The van der Waals surface area contributed by atoms with E-state index in [1.165, 1.54) is 30.2 Å². The molecule has 3 aromatic rings. The average molecular weight is 382 g/mol. The van der Waals surface area contributed by atoms with Crippen molar-refractivity contribution in [3.05, 3.63) is 48.5 Å². The smallest absolute Gasteiger partial charge is 0.234 e. The molecule has 2 amide bonds. The first-order valence-electron chi connectivity index (χ1n) is 8.23. The number of thioether (sulfide) groups is 1. The van der Waals surface area contributed by atoms with Crippen molar-refractivity contribution in [3.8, 4) is 0 Å². The quantitative estimate of drug-likeness (QED) is 0.660. The van der Waals surface area contributed by atoms with Crippen molar-refractivity contribution >= 4 is 51.9 Å². The van der Waals surface area contributed by atoms with Crippen molar-refractivity contribution in [1.82, 2.24) is 9.55 Å². The number of nitrogens with one attached hydrogen (secondary N) is 2. The molecule has 0 aliphatic carbocycles. The summed E-state index contributed by atoms with van der Waals surface area (Å²) in [7, 11) is 0. The molecule has 0 saturated heterocycles. The highest BCUT2D eigenvalue weighted by Gasteiger charge is 2.15. The van der Waals surface area contributed by atoms with Gasteiger partial charge in [-0.3, -0.25) is 19.0 Å². The molecule has 2 N–H and O–H groups in total. The number of amides is 2. The van der Waals surface area contributed by atoms with E-state index in [0.717, 1.165) is 5.52 Å². The van der Waals surface area contributed by atoms with Crippen LogP contribution in [0.5, 0.6) is 0 Å². The predicted molar refractivity (Wildman–Crippen MR) is 106 cm³/mol. The summed E-state index contributed by atoms with van der Waals surface area (Å²) in [6.07, 6.45) is 0. The highest BCUT2D eigenvalue weighted by atomic mass is 32.2. The number of fused-ring (bicyclic) bond motifs is 1. The van der Waals surface area contributed by atoms with Gasteiger partial charge in [-0.1, -0.05) is 23.9 Å². The molecule has 0 unspecified atom stereocenters. The monoisotopic (exact) mass is 382 g/mol. The molecule has 0 atom stereocenters. The summed E-state index contributed by atoms with van der Waals surface area (Å²) in [6, 6.07) is 14.2. The summed E-state index contributed by atoms with van der Waals surface area (Å²) >= 11 is 1.20. The fourth-order valence-corrected chi connectivity index (χ4v) is 3.42. The Morgan fingerprint density at radius 1 is 0.963 bits per heavy atom. The summed E-state index contributed by atoms with van der Waals surface area (Å²) in [5.41, 5.74) is 2.71. The van der Waals surface area contributed by atoms with E-state index in [1.54, 1.807) is 24.3 Å². The zero-order chi connectivity index (χ0) is 19.4. The largest absolute Gasteiger partial charge is 0.326 e. The van der Waals surface area contributed by atoms with Crippen molar-refractivity contribution in [2.45, 2.75) is 19.0 Å². The molecule has 0 aliphatic heterocycles. The van der Waals surface area contributed by atoms with E-state index < -0.39 is 0 Å². The minimum Gasteiger partial charge on any atom is -0.326 e. The van der Waals surface area contributed by atoms with Gasteiger partial charge in [-0.25, -0.2) is 4.98 Å². The second-order valence-corrected chi connectivity index (χ2v) is 6.78. The van der Waals surface area contributed by atoms with E-state index in [1.807, 2.05) is 24.3 Å². The van der Waals surface area contributed by atoms with Gasteiger partial charge in [0.1, 0.15) is 0 Å². The molecule has 8 heteroatoms. The van der Waals surface area contributed by atoms with E-state index in [-0.39, 0.29) is 23.5 Å². The molecular formula is C19H18N4O3S. The summed E-state index contributed by atoms with van der Waals surface area (Å²) in [5, 5.41) is 5.93. The second-order valence-electron chi connectivity index (χ2n) is 5.83. The third kappa shape index (κ3) is 4.53. The molecule has 0 fully saturated rings. The summed E-state index contributed by atoms with van der Waals surface area (Å²) < 4.78 is 1.51. The number of rotatable bonds is 5. The van der Waals surface area contributed by atoms with E-state index in [9.17, 15) is 14.4 Å². The molecule has 7 nitrogen and oxygen atoms in total. The highest BCUT2D eigenvalue weighted by Crippen LogP contribution is 2.24. The van der Waals surface area contributed by atoms with Crippen LogP contribution in [0.3, 0.4) is 0 Å². The molecule has 0 saturated carbocycles. The van der Waals surface area contributed by atoms with Crippen LogP contribution in [0.4, 0.5) is 11.4 Å². The average Bonchev–Trinajstić information content (AvgIpc) is 3.00. The molecule has 1 aromatic heterocycles. The zero-order valence-electron chi connectivity index (χ0n) is 14.9. The molecule has 3 rings (SSSR count). The van der Waals surface area contributed by atoms with Gasteiger partial charge in [0.2, 0.25) is 17.7 Å². The van der Waals surface area contributed by atoms with Gasteiger partial charge < -0.3 is 10.6 Å². The Kier molecular flexibility index (Phi) is 5.56. The first-order chi connectivity index (χ1) is 12.9. The Labute approximate surface area is 160 Å². The van der Waals surface area contributed by atoms with Gasteiger partial charge in [-0.05, 0) is 36.4 Å². The number of imidazole rings is 1. The molecule has 2 aromatic carbocycles. The first-order valence-corrected chi connectivity index (χ1v) is 9.21. The molecular weight excluding hydrogens is 364 g/mol. The number of benzene rings is 2. The third-order valence-electron chi connectivity index (χ3n) is 3.67. The van der Waals surface area contributed by atoms with Crippen LogP contribution in [0.15, 0.2) is 53.7 Å². The Balaban J connectivity index is 1.66. The zero-order valence-corrected chi connectivity index (χ0v) is 15.7. The maximum atomic E-state index is 12.2. The fourth-order valence-electron chi connectivity index (χ4n) is 2.57. The summed E-state index contributed by atoms with van der Waals surface area (Å²) in [6.45, 7) is 2.90. The molecule has 0 spiro atoms. The van der Waals surface area contributed by atoms with Crippen LogP contribution in [0.1, 0.15) is 18.6 Å². The predicted octanol–water partition coefficient (Wildman–Crippen LogP) is 3.39. The lowest BCUT2D eigenvalue weighted by molar-refractivity contribution is -0.114. The number of para-hydroxylation sites is 2. The van der Waals surface area contributed by atoms with Gasteiger partial charge in [0.15, 0.2) is 5.16 Å². The summed E-state index contributed by atoms with van der Waals surface area (Å²) in [5.74, 6) is -0.407. The Morgan fingerprint density at radius 3 is 2.22 bits per heavy atom. The van der Waals surface area contributed by atoms with E-state index in [2.05, 4.69) is 15.6 Å². The van der Waals surface area contributed by atoms with Crippen molar-refractivity contribution in [2.75, 3.05) is 16.4 Å². The topological polar surface area (TPSA) is 93.1 Å². The van der Waals surface area contributed by atoms with Crippen LogP contribution < -0.4 is 10.6 Å². The van der Waals surface area contributed by atoms with Gasteiger partial charge in [0.25, 0.3) is 0 Å². The van der Waals surface area contributed by atoms with Crippen LogP contribution in [0.25, 0.3) is 11.0 Å². The fraction of sp³-hybridized carbons (Fsp3) is 0.158. The lowest BCUT2D eigenvalue weighted by Gasteiger charge is -2.07. The standard InChI is InChI=1S/C19H18N4O3S/c1-12(24)20-14-7-9-15(10-8-14)21-18(26)11-27-19-22-16-5-3-4-6-17(16)23(19)13(2)25/h3-10H,11H2,1-2H3,(H,20,24)(H,21,26). The lowest BCUT2D eigenvalue weighted by Crippen LogP contribution is -2.15. The van der Waals surface area contributed by atoms with Crippen LogP contribution in [-0.2, 0) is 9.59 Å². The lowest BCUT2D eigenvalue weighted by atomic mass is 10.3. The Bertz CT molecular complexity index is 1010. The van der Waals surface area contributed by atoms with Crippen molar-refractivity contribution < 1.29 is 14.4 Å². The maximum absolute atomic E-state index is 12.2. The van der Waals surface area contributed by atoms with Gasteiger partial charge in [-0.15, -0.1) is 0 Å². The normalized spacial score (nSPS) is 10.6. The van der Waals surface area contributed by atoms with Gasteiger partial charge in [-0.2, -0.15) is 0 Å². The van der Waals surface area contributed by atoms with E-state index in [4.69, 9.17) is 0 Å². The van der Waals surface area contributed by atoms with E-state index >= 15 is 0 Å². The second kappa shape index (κ2) is 8.05. The molecule has 0 aliphatic rings. The van der Waals surface area contributed by atoms with Crippen molar-refractivity contribution in [1.29, 1.82) is 0 Å². The van der Waals surface area contributed by atoms with Crippen molar-refractivity contribution in [2.24, 2.45) is 0 Å². The highest BCUT2D eigenvalue weighted by molar-refractivity contribution is 7.99. The minimum absolute atomic E-state index is 0.115. The first kappa shape index (κ1) is 18.7. The van der Waals surface area contributed by atoms with Gasteiger partial charge in [0, 0.05) is 25.2 Å². The van der Waals surface area contributed by atoms with Crippen molar-refractivity contribution in [3.63, 3.8) is 0 Å². The van der Waals surface area contributed by atoms with Crippen LogP contribution in [-0.4, -0.2) is 33.0 Å².